The van der Waals surface area contributed by atoms with Gasteiger partial charge in [-0.1, -0.05) is 17.7 Å². The molecule has 0 aliphatic heterocycles. The Morgan fingerprint density at radius 2 is 2.26 bits per heavy atom. The van der Waals surface area contributed by atoms with Gasteiger partial charge in [0.25, 0.3) is 0 Å². The Balaban J connectivity index is 1.73. The molecule has 0 spiro atoms. The molecular weight excluding hydrogens is 280 g/mol. The van der Waals surface area contributed by atoms with Gasteiger partial charge in [-0.25, -0.2) is 9.67 Å². The van der Waals surface area contributed by atoms with Crippen LogP contribution in [0.25, 0.3) is 5.69 Å². The highest BCUT2D eigenvalue weighted by Gasteiger charge is 2.01. The van der Waals surface area contributed by atoms with Crippen molar-refractivity contribution in [3.05, 3.63) is 58.3 Å². The molecule has 96 valence electrons. The Morgan fingerprint density at radius 1 is 1.32 bits per heavy atom. The minimum Gasteiger partial charge on any atom is -0.378 e. The van der Waals surface area contributed by atoms with Crippen LogP contribution in [-0.4, -0.2) is 14.8 Å². The van der Waals surface area contributed by atoms with E-state index in [1.807, 2.05) is 41.2 Å². The number of hydrogen-bond donors (Lipinski definition) is 1. The van der Waals surface area contributed by atoms with E-state index in [1.54, 1.807) is 12.4 Å². The van der Waals surface area contributed by atoms with Crippen molar-refractivity contribution in [3.63, 3.8) is 0 Å². The van der Waals surface area contributed by atoms with Gasteiger partial charge in [-0.15, -0.1) is 11.3 Å². The Kier molecular flexibility index (Phi) is 3.48. The molecule has 0 aliphatic rings. The standard InChI is InChI=1S/C13H11ClN4S/c14-12-8-16-13(19-12)9-15-10-3-1-4-11(7-10)18-6-2-5-17-18/h1-8,15H,9H2. The Morgan fingerprint density at radius 3 is 3.00 bits per heavy atom. The summed E-state index contributed by atoms with van der Waals surface area (Å²) in [4.78, 5) is 4.21. The van der Waals surface area contributed by atoms with Gasteiger partial charge in [-0.2, -0.15) is 5.10 Å². The molecular formula is C13H11ClN4S. The Labute approximate surface area is 119 Å². The summed E-state index contributed by atoms with van der Waals surface area (Å²) in [5.74, 6) is 0. The largest absolute Gasteiger partial charge is 0.378 e. The van der Waals surface area contributed by atoms with Crippen LogP contribution in [0.2, 0.25) is 4.34 Å². The molecule has 2 aromatic heterocycles. The van der Waals surface area contributed by atoms with Crippen molar-refractivity contribution in [2.45, 2.75) is 6.54 Å². The fourth-order valence-corrected chi connectivity index (χ4v) is 2.62. The zero-order valence-electron chi connectivity index (χ0n) is 9.95. The van der Waals surface area contributed by atoms with Gasteiger partial charge >= 0.3 is 0 Å². The third-order valence-corrected chi connectivity index (χ3v) is 3.70. The number of hydrogen-bond acceptors (Lipinski definition) is 4. The van der Waals surface area contributed by atoms with Gasteiger partial charge in [0.1, 0.15) is 9.34 Å². The van der Waals surface area contributed by atoms with Gasteiger partial charge in [0.2, 0.25) is 0 Å². The number of rotatable bonds is 4. The van der Waals surface area contributed by atoms with Crippen molar-refractivity contribution in [2.24, 2.45) is 0 Å². The lowest BCUT2D eigenvalue weighted by Gasteiger charge is -2.07. The number of nitrogens with one attached hydrogen (secondary N) is 1. The van der Waals surface area contributed by atoms with Crippen LogP contribution in [0, 0.1) is 0 Å². The van der Waals surface area contributed by atoms with Gasteiger partial charge in [-0.05, 0) is 24.3 Å². The van der Waals surface area contributed by atoms with E-state index in [4.69, 9.17) is 11.6 Å². The summed E-state index contributed by atoms with van der Waals surface area (Å²) in [5, 5.41) is 8.50. The van der Waals surface area contributed by atoms with E-state index in [0.29, 0.717) is 10.9 Å². The fraction of sp³-hybridized carbons (Fsp3) is 0.0769. The Hall–Kier alpha value is -1.85. The molecule has 0 atom stereocenters. The predicted molar refractivity (Wildman–Crippen MR) is 78.0 cm³/mol. The number of anilines is 1. The van der Waals surface area contributed by atoms with Crippen LogP contribution in [0.1, 0.15) is 5.01 Å². The van der Waals surface area contributed by atoms with Crippen molar-refractivity contribution in [1.82, 2.24) is 14.8 Å². The molecule has 4 nitrogen and oxygen atoms in total. The quantitative estimate of drug-likeness (QED) is 0.798. The third kappa shape index (κ3) is 2.94. The van der Waals surface area contributed by atoms with E-state index in [9.17, 15) is 0 Å². The summed E-state index contributed by atoms with van der Waals surface area (Å²) in [7, 11) is 0. The van der Waals surface area contributed by atoms with Crippen molar-refractivity contribution in [1.29, 1.82) is 0 Å². The molecule has 6 heteroatoms. The number of nitrogens with zero attached hydrogens (tertiary/aromatic N) is 3. The van der Waals surface area contributed by atoms with Crippen LogP contribution in [0.4, 0.5) is 5.69 Å². The summed E-state index contributed by atoms with van der Waals surface area (Å²) in [6.45, 7) is 0.667. The minimum absolute atomic E-state index is 0.667. The van der Waals surface area contributed by atoms with Crippen molar-refractivity contribution in [2.75, 3.05) is 5.32 Å². The van der Waals surface area contributed by atoms with Gasteiger partial charge in [0.15, 0.2) is 0 Å². The lowest BCUT2D eigenvalue weighted by atomic mass is 10.3. The van der Waals surface area contributed by atoms with Crippen LogP contribution in [-0.2, 0) is 6.54 Å². The topological polar surface area (TPSA) is 42.7 Å². The zero-order valence-corrected chi connectivity index (χ0v) is 11.5. The first-order valence-electron chi connectivity index (χ1n) is 5.75. The summed E-state index contributed by atoms with van der Waals surface area (Å²) >= 11 is 7.33. The first kappa shape index (κ1) is 12.2. The van der Waals surface area contributed by atoms with Crippen LogP contribution in [0.5, 0.6) is 0 Å². The highest BCUT2D eigenvalue weighted by molar-refractivity contribution is 7.15. The smallest absolute Gasteiger partial charge is 0.113 e. The Bertz CT molecular complexity index is 663. The molecule has 3 aromatic rings. The highest BCUT2D eigenvalue weighted by atomic mass is 35.5. The first-order chi connectivity index (χ1) is 9.31. The minimum atomic E-state index is 0.667. The second-order valence-electron chi connectivity index (χ2n) is 3.91. The lowest BCUT2D eigenvalue weighted by Crippen LogP contribution is -2.00. The number of halogens is 1. The average molecular weight is 291 g/mol. The van der Waals surface area contributed by atoms with Gasteiger partial charge in [0, 0.05) is 18.1 Å². The average Bonchev–Trinajstić information content (AvgIpc) is 3.08. The van der Waals surface area contributed by atoms with Crippen molar-refractivity contribution < 1.29 is 0 Å². The van der Waals surface area contributed by atoms with Gasteiger partial charge < -0.3 is 5.32 Å². The molecule has 0 saturated heterocycles. The summed E-state index contributed by atoms with van der Waals surface area (Å²) in [6.07, 6.45) is 5.35. The number of thiazole rings is 1. The number of aromatic nitrogens is 3. The van der Waals surface area contributed by atoms with Crippen LogP contribution < -0.4 is 5.32 Å². The summed E-state index contributed by atoms with van der Waals surface area (Å²) in [5.41, 5.74) is 2.05. The summed E-state index contributed by atoms with van der Waals surface area (Å²) < 4.78 is 2.54. The molecule has 0 saturated carbocycles. The molecule has 0 radical (unpaired) electrons. The van der Waals surface area contributed by atoms with E-state index < -0.39 is 0 Å². The zero-order chi connectivity index (χ0) is 13.1. The molecule has 0 unspecified atom stereocenters. The second-order valence-corrected chi connectivity index (χ2v) is 5.66. The second kappa shape index (κ2) is 5.42. The predicted octanol–water partition coefficient (Wildman–Crippen LogP) is 3.59. The van der Waals surface area contributed by atoms with Crippen molar-refractivity contribution >= 4 is 28.6 Å². The van der Waals surface area contributed by atoms with Crippen LogP contribution in [0.3, 0.4) is 0 Å². The van der Waals surface area contributed by atoms with Gasteiger partial charge in [0.05, 0.1) is 18.4 Å². The fourth-order valence-electron chi connectivity index (χ4n) is 1.73. The van der Waals surface area contributed by atoms with Gasteiger partial charge in [-0.3, -0.25) is 0 Å². The molecule has 2 heterocycles. The van der Waals surface area contributed by atoms with Crippen LogP contribution >= 0.6 is 22.9 Å². The molecule has 0 fully saturated rings. The highest BCUT2D eigenvalue weighted by Crippen LogP contribution is 2.20. The van der Waals surface area contributed by atoms with E-state index in [0.717, 1.165) is 16.4 Å². The molecule has 0 bridgehead atoms. The molecule has 3 rings (SSSR count). The number of benzene rings is 1. The first-order valence-corrected chi connectivity index (χ1v) is 6.95. The van der Waals surface area contributed by atoms with E-state index >= 15 is 0 Å². The van der Waals surface area contributed by atoms with E-state index in [1.165, 1.54) is 11.3 Å². The summed E-state index contributed by atoms with van der Waals surface area (Å²) in [6, 6.07) is 9.97. The maximum Gasteiger partial charge on any atom is 0.113 e. The molecule has 0 aliphatic carbocycles. The maximum atomic E-state index is 5.85. The molecule has 1 N–H and O–H groups in total. The molecule has 1 aromatic carbocycles. The lowest BCUT2D eigenvalue weighted by molar-refractivity contribution is 0.880. The molecule has 0 amide bonds. The van der Waals surface area contributed by atoms with E-state index in [2.05, 4.69) is 15.4 Å². The SMILES string of the molecule is Clc1cnc(CNc2cccc(-n3cccn3)c2)s1. The van der Waals surface area contributed by atoms with Crippen molar-refractivity contribution in [3.8, 4) is 5.69 Å². The maximum absolute atomic E-state index is 5.85. The third-order valence-electron chi connectivity index (χ3n) is 2.58. The normalized spacial score (nSPS) is 10.6. The monoisotopic (exact) mass is 290 g/mol. The van der Waals surface area contributed by atoms with Crippen LogP contribution in [0.15, 0.2) is 48.9 Å². The molecule has 19 heavy (non-hydrogen) atoms. The van der Waals surface area contributed by atoms with E-state index in [-0.39, 0.29) is 0 Å².